The topological polar surface area (TPSA) is 93.7 Å². The zero-order valence-electron chi connectivity index (χ0n) is 14.3. The Morgan fingerprint density at radius 2 is 1.57 bits per heavy atom. The molecule has 0 aliphatic heterocycles. The van der Waals surface area contributed by atoms with E-state index in [1.807, 2.05) is 0 Å². The van der Waals surface area contributed by atoms with Crippen LogP contribution in [-0.4, -0.2) is 37.5 Å². The number of ether oxygens (including phenoxy) is 2. The molecule has 0 aliphatic rings. The molecule has 0 radical (unpaired) electrons. The Balaban J connectivity index is 1.64. The zero-order chi connectivity index (χ0) is 20.5. The lowest BCUT2D eigenvalue weighted by Crippen LogP contribution is -2.36. The molecular formula is C18H15F3N2O5. The minimum atomic E-state index is -1.13. The predicted molar refractivity (Wildman–Crippen MR) is 90.9 cm³/mol. The van der Waals surface area contributed by atoms with E-state index in [2.05, 4.69) is 15.4 Å². The highest BCUT2D eigenvalue weighted by Crippen LogP contribution is 2.13. The van der Waals surface area contributed by atoms with Gasteiger partial charge >= 0.3 is 5.97 Å². The standard InChI is InChI=1S/C18H15F3N2O5/c19-11-1-4-13(5-2-11)27-10-18(26)28-9-17(25)22-8-16(24)23-12-3-6-14(20)15(21)7-12/h1-7H,8-10H2,(H,22,25)(H,23,24). The van der Waals surface area contributed by atoms with E-state index in [0.29, 0.717) is 0 Å². The first-order valence-electron chi connectivity index (χ1n) is 7.89. The summed E-state index contributed by atoms with van der Waals surface area (Å²) in [5, 5.41) is 4.44. The fraction of sp³-hybridized carbons (Fsp3) is 0.167. The largest absolute Gasteiger partial charge is 0.482 e. The van der Waals surface area contributed by atoms with Crippen molar-refractivity contribution < 1.29 is 37.0 Å². The van der Waals surface area contributed by atoms with Gasteiger partial charge in [0.1, 0.15) is 11.6 Å². The molecule has 2 aromatic rings. The van der Waals surface area contributed by atoms with Crippen LogP contribution in [0.1, 0.15) is 0 Å². The van der Waals surface area contributed by atoms with Crippen LogP contribution < -0.4 is 15.4 Å². The highest BCUT2D eigenvalue weighted by Gasteiger charge is 2.11. The van der Waals surface area contributed by atoms with Gasteiger partial charge in [-0.15, -0.1) is 0 Å². The summed E-state index contributed by atoms with van der Waals surface area (Å²) in [6, 6.07) is 7.73. The molecule has 2 amide bonds. The second-order valence-corrected chi connectivity index (χ2v) is 5.36. The van der Waals surface area contributed by atoms with Gasteiger partial charge in [0.05, 0.1) is 6.54 Å². The summed E-state index contributed by atoms with van der Waals surface area (Å²) < 4.78 is 48.3. The maximum Gasteiger partial charge on any atom is 0.344 e. The van der Waals surface area contributed by atoms with Crippen molar-refractivity contribution in [3.05, 3.63) is 59.9 Å². The molecule has 148 valence electrons. The van der Waals surface area contributed by atoms with Crippen molar-refractivity contribution in [2.75, 3.05) is 25.1 Å². The number of esters is 1. The Morgan fingerprint density at radius 1 is 0.857 bits per heavy atom. The summed E-state index contributed by atoms with van der Waals surface area (Å²) in [6.07, 6.45) is 0. The van der Waals surface area contributed by atoms with E-state index in [-0.39, 0.29) is 11.4 Å². The summed E-state index contributed by atoms with van der Waals surface area (Å²) in [5.41, 5.74) is 0.0162. The molecule has 0 aromatic heterocycles. The quantitative estimate of drug-likeness (QED) is 0.664. The third kappa shape index (κ3) is 6.98. The summed E-state index contributed by atoms with van der Waals surface area (Å²) >= 11 is 0. The molecule has 0 saturated carbocycles. The number of nitrogens with one attached hydrogen (secondary N) is 2. The van der Waals surface area contributed by atoms with Crippen LogP contribution in [0.25, 0.3) is 0 Å². The maximum absolute atomic E-state index is 13.0. The third-order valence-corrected chi connectivity index (χ3v) is 3.18. The average molecular weight is 396 g/mol. The van der Waals surface area contributed by atoms with Crippen LogP contribution in [-0.2, 0) is 19.1 Å². The summed E-state index contributed by atoms with van der Waals surface area (Å²) in [4.78, 5) is 34.7. The van der Waals surface area contributed by atoms with Gasteiger partial charge in [0.2, 0.25) is 5.91 Å². The van der Waals surface area contributed by atoms with Crippen LogP contribution >= 0.6 is 0 Å². The van der Waals surface area contributed by atoms with Gasteiger partial charge in [0.15, 0.2) is 24.8 Å². The monoisotopic (exact) mass is 396 g/mol. The van der Waals surface area contributed by atoms with Gasteiger partial charge in [-0.2, -0.15) is 0 Å². The van der Waals surface area contributed by atoms with Crippen LogP contribution in [0, 0.1) is 17.5 Å². The van der Waals surface area contributed by atoms with E-state index < -0.39 is 55.0 Å². The number of benzene rings is 2. The summed E-state index contributed by atoms with van der Waals surface area (Å²) in [7, 11) is 0. The van der Waals surface area contributed by atoms with Crippen molar-refractivity contribution in [3.8, 4) is 5.75 Å². The molecule has 0 bridgehead atoms. The van der Waals surface area contributed by atoms with Crippen LogP contribution in [0.5, 0.6) is 5.75 Å². The molecule has 0 atom stereocenters. The van der Waals surface area contributed by atoms with Gasteiger partial charge in [-0.05, 0) is 36.4 Å². The van der Waals surface area contributed by atoms with Gasteiger partial charge in [0.25, 0.3) is 5.91 Å². The van der Waals surface area contributed by atoms with Crippen molar-refractivity contribution in [2.45, 2.75) is 0 Å². The Hall–Kier alpha value is -3.56. The fourth-order valence-corrected chi connectivity index (χ4v) is 1.87. The number of amides is 2. The molecule has 2 N–H and O–H groups in total. The minimum absolute atomic E-state index is 0.0162. The number of halogens is 3. The molecule has 28 heavy (non-hydrogen) atoms. The molecule has 7 nitrogen and oxygen atoms in total. The molecule has 0 heterocycles. The van der Waals surface area contributed by atoms with Gasteiger partial charge in [-0.1, -0.05) is 0 Å². The lowest BCUT2D eigenvalue weighted by molar-refractivity contribution is -0.150. The fourth-order valence-electron chi connectivity index (χ4n) is 1.87. The number of anilines is 1. The van der Waals surface area contributed by atoms with E-state index in [4.69, 9.17) is 4.74 Å². The first kappa shape index (κ1) is 20.7. The van der Waals surface area contributed by atoms with Crippen LogP contribution in [0.15, 0.2) is 42.5 Å². The maximum atomic E-state index is 13.0. The lowest BCUT2D eigenvalue weighted by atomic mass is 10.3. The Kier molecular flexibility index (Phi) is 7.37. The normalized spacial score (nSPS) is 10.1. The number of rotatable bonds is 8. The van der Waals surface area contributed by atoms with Crippen molar-refractivity contribution in [3.63, 3.8) is 0 Å². The van der Waals surface area contributed by atoms with Crippen molar-refractivity contribution in [1.82, 2.24) is 5.32 Å². The molecule has 0 unspecified atom stereocenters. The molecule has 2 aromatic carbocycles. The number of carbonyl (C=O) groups excluding carboxylic acids is 3. The molecule has 0 saturated heterocycles. The van der Waals surface area contributed by atoms with E-state index >= 15 is 0 Å². The first-order chi connectivity index (χ1) is 13.3. The number of carbonyl (C=O) groups is 3. The molecular weight excluding hydrogens is 381 g/mol. The SMILES string of the molecule is O=C(COC(=O)COc1ccc(F)cc1)NCC(=O)Nc1ccc(F)c(F)c1. The van der Waals surface area contributed by atoms with Crippen molar-refractivity contribution in [2.24, 2.45) is 0 Å². The number of hydrogen-bond acceptors (Lipinski definition) is 5. The summed E-state index contributed by atoms with van der Waals surface area (Å²) in [5.74, 6) is -4.68. The van der Waals surface area contributed by atoms with E-state index in [1.54, 1.807) is 0 Å². The highest BCUT2D eigenvalue weighted by atomic mass is 19.2. The minimum Gasteiger partial charge on any atom is -0.482 e. The van der Waals surface area contributed by atoms with Gasteiger partial charge in [-0.3, -0.25) is 9.59 Å². The van der Waals surface area contributed by atoms with E-state index in [9.17, 15) is 27.6 Å². The van der Waals surface area contributed by atoms with Gasteiger partial charge in [-0.25, -0.2) is 18.0 Å². The smallest absolute Gasteiger partial charge is 0.344 e. The molecule has 10 heteroatoms. The van der Waals surface area contributed by atoms with Crippen LogP contribution in [0.4, 0.5) is 18.9 Å². The summed E-state index contributed by atoms with van der Waals surface area (Å²) in [6.45, 7) is -1.61. The zero-order valence-corrected chi connectivity index (χ0v) is 14.3. The van der Waals surface area contributed by atoms with E-state index in [0.717, 1.165) is 30.3 Å². The third-order valence-electron chi connectivity index (χ3n) is 3.18. The Labute approximate surface area is 157 Å². The number of hydrogen-bond donors (Lipinski definition) is 2. The van der Waals surface area contributed by atoms with E-state index in [1.165, 1.54) is 12.1 Å². The van der Waals surface area contributed by atoms with Crippen molar-refractivity contribution in [1.29, 1.82) is 0 Å². The van der Waals surface area contributed by atoms with Crippen LogP contribution in [0.3, 0.4) is 0 Å². The molecule has 0 spiro atoms. The Bertz CT molecular complexity index is 859. The Morgan fingerprint density at radius 3 is 2.25 bits per heavy atom. The molecule has 2 rings (SSSR count). The second-order valence-electron chi connectivity index (χ2n) is 5.36. The molecule has 0 aliphatic carbocycles. The van der Waals surface area contributed by atoms with Gasteiger partial charge in [0, 0.05) is 11.8 Å². The second kappa shape index (κ2) is 9.95. The lowest BCUT2D eigenvalue weighted by Gasteiger charge is -2.08. The first-order valence-corrected chi connectivity index (χ1v) is 7.89. The van der Waals surface area contributed by atoms with Crippen LogP contribution in [0.2, 0.25) is 0 Å². The highest BCUT2D eigenvalue weighted by molar-refractivity contribution is 5.94. The average Bonchev–Trinajstić information content (AvgIpc) is 2.67. The molecule has 0 fully saturated rings. The van der Waals surface area contributed by atoms with Crippen molar-refractivity contribution >= 4 is 23.5 Å². The van der Waals surface area contributed by atoms with Gasteiger partial charge < -0.3 is 20.1 Å². The predicted octanol–water partition coefficient (Wildman–Crippen LogP) is 1.78.